The van der Waals surface area contributed by atoms with Crippen molar-refractivity contribution in [3.63, 3.8) is 0 Å². The molecule has 0 amide bonds. The van der Waals surface area contributed by atoms with E-state index >= 15 is 0 Å². The van der Waals surface area contributed by atoms with E-state index in [-0.39, 0.29) is 17.0 Å². The van der Waals surface area contributed by atoms with E-state index in [0.29, 0.717) is 5.56 Å². The second-order valence-corrected chi connectivity index (χ2v) is 12.0. The fourth-order valence-electron chi connectivity index (χ4n) is 4.58. The summed E-state index contributed by atoms with van der Waals surface area (Å²) in [6.45, 7) is 5.90. The van der Waals surface area contributed by atoms with E-state index in [2.05, 4.69) is 4.72 Å². The van der Waals surface area contributed by atoms with Crippen LogP contribution in [-0.4, -0.2) is 75.2 Å². The molecule has 1 N–H and O–H groups in total. The lowest BCUT2D eigenvalue weighted by Gasteiger charge is -2.44. The summed E-state index contributed by atoms with van der Waals surface area (Å²) in [5.74, 6) is -3.49. The van der Waals surface area contributed by atoms with Gasteiger partial charge < -0.3 is 23.7 Å². The van der Waals surface area contributed by atoms with Gasteiger partial charge >= 0.3 is 23.9 Å². The molecular formula is C31H35NO12S. The average Bonchev–Trinajstić information content (AvgIpc) is 2.93. The van der Waals surface area contributed by atoms with E-state index in [0.717, 1.165) is 33.3 Å². The molecule has 1 aliphatic rings. The number of ketones is 1. The highest BCUT2D eigenvalue weighted by Crippen LogP contribution is 2.31. The molecule has 3 rings (SSSR count). The lowest BCUT2D eigenvalue weighted by Crippen LogP contribution is -2.62. The van der Waals surface area contributed by atoms with Gasteiger partial charge in [0.05, 0.1) is 4.90 Å². The van der Waals surface area contributed by atoms with Crippen LogP contribution in [0.15, 0.2) is 59.5 Å². The van der Waals surface area contributed by atoms with Crippen LogP contribution in [0.2, 0.25) is 0 Å². The van der Waals surface area contributed by atoms with Crippen molar-refractivity contribution in [2.45, 2.75) is 76.5 Å². The molecule has 0 aliphatic carbocycles. The van der Waals surface area contributed by atoms with Crippen molar-refractivity contribution in [2.75, 3.05) is 11.3 Å². The quantitative estimate of drug-likeness (QED) is 0.203. The summed E-state index contributed by atoms with van der Waals surface area (Å²) in [4.78, 5) is 60.6. The molecule has 0 unspecified atom stereocenters. The van der Waals surface area contributed by atoms with Crippen molar-refractivity contribution in [1.29, 1.82) is 0 Å². The second kappa shape index (κ2) is 15.4. The van der Waals surface area contributed by atoms with Gasteiger partial charge in [0.1, 0.15) is 18.8 Å². The number of rotatable bonds is 12. The number of esters is 4. The van der Waals surface area contributed by atoms with Crippen LogP contribution in [0.25, 0.3) is 6.08 Å². The topological polar surface area (TPSA) is 178 Å². The first-order chi connectivity index (χ1) is 21.1. The summed E-state index contributed by atoms with van der Waals surface area (Å²) in [5, 5.41) is 0. The third kappa shape index (κ3) is 10.5. The molecule has 2 aromatic rings. The van der Waals surface area contributed by atoms with Gasteiger partial charge in [-0.1, -0.05) is 35.9 Å². The molecule has 45 heavy (non-hydrogen) atoms. The zero-order valence-corrected chi connectivity index (χ0v) is 26.2. The largest absolute Gasteiger partial charge is 0.463 e. The fraction of sp³-hybridized carbons (Fsp3) is 0.387. The minimum absolute atomic E-state index is 0.0917. The Hall–Kier alpha value is -4.56. The van der Waals surface area contributed by atoms with Gasteiger partial charge in [-0.15, -0.1) is 0 Å². The van der Waals surface area contributed by atoms with Crippen molar-refractivity contribution in [3.05, 3.63) is 65.7 Å². The van der Waals surface area contributed by atoms with E-state index in [9.17, 15) is 32.4 Å². The van der Waals surface area contributed by atoms with Gasteiger partial charge in [-0.25, -0.2) is 8.42 Å². The Bertz CT molecular complexity index is 1550. The van der Waals surface area contributed by atoms with Crippen molar-refractivity contribution in [3.8, 4) is 0 Å². The molecule has 14 heteroatoms. The van der Waals surface area contributed by atoms with Crippen LogP contribution in [0.5, 0.6) is 0 Å². The predicted molar refractivity (Wildman–Crippen MR) is 159 cm³/mol. The summed E-state index contributed by atoms with van der Waals surface area (Å²) in [6.07, 6.45) is -4.15. The molecule has 0 bridgehead atoms. The standard InChI is InChI=1S/C31H35NO12S/c1-18-9-13-26(14-10-18)45(38,39)32-24-8-6-7-23(15-24)11-12-25(37)16-27-29(41-20(3)34)31(43-22(5)36)30(42-21(4)35)28(44-27)17-40-19(2)33/h6-15,27-32H,16-17H2,1-5H3/b12-11+/t27-,28+,29-,30+,31+/m0/s1. The van der Waals surface area contributed by atoms with Crippen molar-refractivity contribution in [1.82, 2.24) is 0 Å². The Morgan fingerprint density at radius 3 is 1.96 bits per heavy atom. The normalized spacial score (nSPS) is 21.4. The van der Waals surface area contributed by atoms with E-state index < -0.39 is 76.8 Å². The highest BCUT2D eigenvalue weighted by molar-refractivity contribution is 7.92. The molecule has 0 spiro atoms. The van der Waals surface area contributed by atoms with Gasteiger partial charge in [0, 0.05) is 39.8 Å². The Balaban J connectivity index is 1.83. The molecule has 1 fully saturated rings. The molecule has 2 aromatic carbocycles. The van der Waals surface area contributed by atoms with Crippen LogP contribution in [0, 0.1) is 6.92 Å². The fourth-order valence-corrected chi connectivity index (χ4v) is 5.62. The summed E-state index contributed by atoms with van der Waals surface area (Å²) in [5.41, 5.74) is 1.67. The van der Waals surface area contributed by atoms with E-state index in [1.54, 1.807) is 30.3 Å². The number of allylic oxidation sites excluding steroid dienone is 1. The molecule has 1 saturated heterocycles. The number of nitrogens with one attached hydrogen (secondary N) is 1. The first-order valence-corrected chi connectivity index (χ1v) is 15.3. The van der Waals surface area contributed by atoms with E-state index in [1.165, 1.54) is 30.4 Å². The molecular weight excluding hydrogens is 610 g/mol. The molecule has 1 aliphatic heterocycles. The van der Waals surface area contributed by atoms with Gasteiger partial charge in [-0.2, -0.15) is 0 Å². The highest BCUT2D eigenvalue weighted by atomic mass is 32.2. The Morgan fingerprint density at radius 1 is 0.800 bits per heavy atom. The lowest BCUT2D eigenvalue weighted by atomic mass is 9.91. The number of carbonyl (C=O) groups is 5. The SMILES string of the molecule is CC(=O)OC[C@H]1O[C@@H](CC(=O)/C=C/c2cccc(NS(=O)(=O)c3ccc(C)cc3)c2)[C@H](OC(C)=O)[C@@H](OC(C)=O)[C@@H]1OC(C)=O. The molecule has 0 aromatic heterocycles. The van der Waals surface area contributed by atoms with Crippen LogP contribution in [0.4, 0.5) is 5.69 Å². The summed E-state index contributed by atoms with van der Waals surface area (Å²) in [6, 6.07) is 12.7. The molecule has 0 saturated carbocycles. The third-order valence-corrected chi connectivity index (χ3v) is 7.82. The third-order valence-electron chi connectivity index (χ3n) is 6.42. The maximum absolute atomic E-state index is 13.1. The van der Waals surface area contributed by atoms with Crippen LogP contribution in [0.1, 0.15) is 45.2 Å². The minimum Gasteiger partial charge on any atom is -0.463 e. The second-order valence-electron chi connectivity index (χ2n) is 10.3. The van der Waals surface area contributed by atoms with Crippen LogP contribution in [0.3, 0.4) is 0 Å². The van der Waals surface area contributed by atoms with Gasteiger partial charge in [0.2, 0.25) is 0 Å². The molecule has 0 radical (unpaired) electrons. The predicted octanol–water partition coefficient (Wildman–Crippen LogP) is 2.89. The van der Waals surface area contributed by atoms with Gasteiger partial charge in [0.15, 0.2) is 24.1 Å². The number of hydrogen-bond acceptors (Lipinski definition) is 12. The first-order valence-electron chi connectivity index (χ1n) is 13.9. The number of carbonyl (C=O) groups excluding carboxylic acids is 5. The molecule has 242 valence electrons. The van der Waals surface area contributed by atoms with Gasteiger partial charge in [-0.3, -0.25) is 28.7 Å². The van der Waals surface area contributed by atoms with Crippen LogP contribution in [-0.2, 0) is 57.7 Å². The van der Waals surface area contributed by atoms with E-state index in [1.807, 2.05) is 6.92 Å². The summed E-state index contributed by atoms with van der Waals surface area (Å²) in [7, 11) is -3.85. The Morgan fingerprint density at radius 2 is 1.38 bits per heavy atom. The molecule has 13 nitrogen and oxygen atoms in total. The first kappa shape index (κ1) is 34.9. The zero-order chi connectivity index (χ0) is 33.3. The van der Waals surface area contributed by atoms with Crippen LogP contribution < -0.4 is 4.72 Å². The number of sulfonamides is 1. The van der Waals surface area contributed by atoms with Gasteiger partial charge in [-0.05, 0) is 42.8 Å². The number of aryl methyl sites for hydroxylation is 1. The van der Waals surface area contributed by atoms with Crippen molar-refractivity contribution >= 4 is 51.4 Å². The van der Waals surface area contributed by atoms with Crippen LogP contribution >= 0.6 is 0 Å². The highest BCUT2D eigenvalue weighted by Gasteiger charge is 2.52. The van der Waals surface area contributed by atoms with Crippen molar-refractivity contribution < 1.29 is 56.1 Å². The Labute approximate surface area is 260 Å². The average molecular weight is 646 g/mol. The van der Waals surface area contributed by atoms with Gasteiger partial charge in [0.25, 0.3) is 10.0 Å². The van der Waals surface area contributed by atoms with E-state index in [4.69, 9.17) is 23.7 Å². The number of ether oxygens (including phenoxy) is 5. The smallest absolute Gasteiger partial charge is 0.303 e. The summed E-state index contributed by atoms with van der Waals surface area (Å²) < 4.78 is 55.2. The monoisotopic (exact) mass is 645 g/mol. The maximum Gasteiger partial charge on any atom is 0.303 e. The Kier molecular flexibility index (Phi) is 12.0. The zero-order valence-electron chi connectivity index (χ0n) is 25.4. The molecule has 5 atom stereocenters. The van der Waals surface area contributed by atoms with Crippen molar-refractivity contribution in [2.24, 2.45) is 0 Å². The number of hydrogen-bond donors (Lipinski definition) is 1. The number of anilines is 1. The maximum atomic E-state index is 13.1. The lowest BCUT2D eigenvalue weighted by molar-refractivity contribution is -0.252. The summed E-state index contributed by atoms with van der Waals surface area (Å²) >= 11 is 0. The number of benzene rings is 2. The molecule has 1 heterocycles. The minimum atomic E-state index is -3.85.